The number of rotatable bonds is 5. The van der Waals surface area contributed by atoms with Crippen LogP contribution >= 0.6 is 34.8 Å². The van der Waals surface area contributed by atoms with E-state index in [0.717, 1.165) is 12.2 Å². The monoisotopic (exact) mass is 580 g/mol. The van der Waals surface area contributed by atoms with Crippen molar-refractivity contribution in [3.63, 3.8) is 0 Å². The van der Waals surface area contributed by atoms with Gasteiger partial charge in [-0.2, -0.15) is 5.01 Å². The summed E-state index contributed by atoms with van der Waals surface area (Å²) in [5.74, 6) is 0.299. The highest BCUT2D eigenvalue weighted by molar-refractivity contribution is 6.43. The average molecular weight is 582 g/mol. The molecule has 0 aliphatic carbocycles. The van der Waals surface area contributed by atoms with Crippen LogP contribution in [0.15, 0.2) is 77.1 Å². The van der Waals surface area contributed by atoms with E-state index in [4.69, 9.17) is 39.9 Å². The van der Waals surface area contributed by atoms with Crippen LogP contribution in [0.5, 0.6) is 0 Å². The molecular formula is C31H31Cl3N4O. The molecule has 3 aromatic carbocycles. The van der Waals surface area contributed by atoms with E-state index in [2.05, 4.69) is 73.0 Å². The van der Waals surface area contributed by atoms with Gasteiger partial charge in [0.1, 0.15) is 5.69 Å². The number of amides is 1. The molecule has 2 aliphatic heterocycles. The van der Waals surface area contributed by atoms with Gasteiger partial charge in [0.15, 0.2) is 5.84 Å². The van der Waals surface area contributed by atoms with Gasteiger partial charge in [0.05, 0.1) is 21.3 Å². The highest BCUT2D eigenvalue weighted by Gasteiger charge is 2.41. The predicted molar refractivity (Wildman–Crippen MR) is 165 cm³/mol. The van der Waals surface area contributed by atoms with Crippen molar-refractivity contribution >= 4 is 68.7 Å². The lowest BCUT2D eigenvalue weighted by Gasteiger charge is -2.26. The lowest BCUT2D eigenvalue weighted by molar-refractivity contribution is -0.114. The summed E-state index contributed by atoms with van der Waals surface area (Å²) in [6.45, 7) is 12.9. The summed E-state index contributed by atoms with van der Waals surface area (Å²) in [4.78, 5) is 18.3. The number of amidine groups is 1. The Bertz CT molecular complexity index is 1550. The number of nitrogens with zero attached hydrogens (tertiary/aromatic N) is 4. The molecule has 0 fully saturated rings. The van der Waals surface area contributed by atoms with Crippen molar-refractivity contribution in [3.05, 3.63) is 92.6 Å². The van der Waals surface area contributed by atoms with Crippen molar-refractivity contribution in [1.29, 1.82) is 0 Å². The van der Waals surface area contributed by atoms with Crippen molar-refractivity contribution < 1.29 is 4.79 Å². The van der Waals surface area contributed by atoms with Gasteiger partial charge in [-0.05, 0) is 56.0 Å². The lowest BCUT2D eigenvalue weighted by Crippen LogP contribution is -2.31. The topological polar surface area (TPSA) is 39.1 Å². The quantitative estimate of drug-likeness (QED) is 0.284. The lowest BCUT2D eigenvalue weighted by atomic mass is 9.83. The number of benzene rings is 3. The highest BCUT2D eigenvalue weighted by Crippen LogP contribution is 2.50. The summed E-state index contributed by atoms with van der Waals surface area (Å²) >= 11 is 19.1. The third-order valence-corrected chi connectivity index (χ3v) is 8.41. The van der Waals surface area contributed by atoms with Gasteiger partial charge in [0.2, 0.25) is 0 Å². The average Bonchev–Trinajstić information content (AvgIpc) is 3.33. The Labute approximate surface area is 244 Å². The van der Waals surface area contributed by atoms with Crippen LogP contribution in [0.25, 0.3) is 10.8 Å². The Morgan fingerprint density at radius 2 is 1.59 bits per heavy atom. The molecule has 1 amide bonds. The number of hydrogen-bond donors (Lipinski definition) is 0. The molecule has 8 heteroatoms. The summed E-state index contributed by atoms with van der Waals surface area (Å²) < 4.78 is 0. The molecule has 0 N–H and O–H groups in total. The Kier molecular flexibility index (Phi) is 7.45. The Hall–Kier alpha value is -2.99. The maximum Gasteiger partial charge on any atom is 0.282 e. The zero-order chi connectivity index (χ0) is 28.1. The predicted octanol–water partition coefficient (Wildman–Crippen LogP) is 8.43. The van der Waals surface area contributed by atoms with Gasteiger partial charge in [-0.25, -0.2) is 0 Å². The van der Waals surface area contributed by atoms with Crippen molar-refractivity contribution in [1.82, 2.24) is 4.90 Å². The molecule has 3 aromatic rings. The minimum absolute atomic E-state index is 0.261. The standard InChI is InChI=1S/C31H31Cl3N4O/c1-6-36(7-2)29-22(30(39)38(35-29)28-24(33)17-20(32)18-25(28)34)14-16-26-31(4,5)23-15-13-19-11-9-10-12-21(19)27(23)37(26)8-3/h9-18H,6-8H2,1-5H3/b22-14-,26-16+. The number of likely N-dealkylation sites (N-methyl/N-ethyl adjacent to an activating group) is 2. The first kappa shape index (κ1) is 27.6. The third kappa shape index (κ3) is 4.51. The fourth-order valence-electron chi connectivity index (χ4n) is 5.63. The first-order valence-electron chi connectivity index (χ1n) is 13.2. The first-order chi connectivity index (χ1) is 18.6. The summed E-state index contributed by atoms with van der Waals surface area (Å²) in [6.07, 6.45) is 3.96. The number of fused-ring (bicyclic) bond motifs is 3. The maximum atomic E-state index is 13.9. The SMILES string of the molecule is CCN(CC)C1=NN(c2c(Cl)cc(Cl)cc2Cl)C(=O)/C1=C\C=C1\N(CC)c2c(ccc3ccccc23)C1(C)C. The molecule has 5 nitrogen and oxygen atoms in total. The van der Waals surface area contributed by atoms with Crippen LogP contribution in [0.1, 0.15) is 40.2 Å². The smallest absolute Gasteiger partial charge is 0.282 e. The molecule has 0 saturated heterocycles. The molecule has 0 spiro atoms. The van der Waals surface area contributed by atoms with E-state index in [1.165, 1.54) is 27.0 Å². The number of carbonyl (C=O) groups excluding carboxylic acids is 1. The minimum Gasteiger partial charge on any atom is -0.355 e. The van der Waals surface area contributed by atoms with Crippen LogP contribution in [0.2, 0.25) is 15.1 Å². The first-order valence-corrected chi connectivity index (χ1v) is 14.3. The Morgan fingerprint density at radius 1 is 0.923 bits per heavy atom. The van der Waals surface area contributed by atoms with E-state index in [1.54, 1.807) is 12.1 Å². The van der Waals surface area contributed by atoms with E-state index >= 15 is 0 Å². The fourth-order valence-corrected chi connectivity index (χ4v) is 6.61. The number of halogens is 3. The molecule has 0 bridgehead atoms. The second kappa shape index (κ2) is 10.5. The van der Waals surface area contributed by atoms with E-state index < -0.39 is 0 Å². The molecule has 0 radical (unpaired) electrons. The highest BCUT2D eigenvalue weighted by atomic mass is 35.5. The minimum atomic E-state index is -0.290. The van der Waals surface area contributed by atoms with Crippen molar-refractivity contribution in [3.8, 4) is 0 Å². The van der Waals surface area contributed by atoms with E-state index in [0.29, 0.717) is 35.2 Å². The van der Waals surface area contributed by atoms with Gasteiger partial charge in [0.25, 0.3) is 5.91 Å². The number of anilines is 2. The molecule has 39 heavy (non-hydrogen) atoms. The molecule has 0 saturated carbocycles. The maximum absolute atomic E-state index is 13.9. The van der Waals surface area contributed by atoms with Gasteiger partial charge < -0.3 is 9.80 Å². The molecule has 2 aliphatic rings. The zero-order valence-electron chi connectivity index (χ0n) is 22.7. The van der Waals surface area contributed by atoms with Crippen LogP contribution in [-0.4, -0.2) is 36.3 Å². The number of hydrogen-bond acceptors (Lipinski definition) is 4. The largest absolute Gasteiger partial charge is 0.355 e. The molecule has 2 heterocycles. The molecular weight excluding hydrogens is 551 g/mol. The van der Waals surface area contributed by atoms with Crippen LogP contribution in [0.4, 0.5) is 11.4 Å². The molecule has 0 atom stereocenters. The molecule has 0 aromatic heterocycles. The summed E-state index contributed by atoms with van der Waals surface area (Å²) in [5, 5.41) is 9.36. The summed E-state index contributed by atoms with van der Waals surface area (Å²) in [7, 11) is 0. The second-order valence-electron chi connectivity index (χ2n) is 10.1. The third-order valence-electron chi connectivity index (χ3n) is 7.61. The normalized spacial score (nSPS) is 18.5. The summed E-state index contributed by atoms with van der Waals surface area (Å²) in [6, 6.07) is 16.0. The van der Waals surface area contributed by atoms with Crippen LogP contribution in [-0.2, 0) is 10.2 Å². The molecule has 0 unspecified atom stereocenters. The van der Waals surface area contributed by atoms with Crippen molar-refractivity contribution in [2.75, 3.05) is 29.5 Å². The number of hydrazone groups is 1. The van der Waals surface area contributed by atoms with Gasteiger partial charge in [-0.15, -0.1) is 5.10 Å². The Balaban J connectivity index is 1.64. The fraction of sp³-hybridized carbons (Fsp3) is 0.290. The van der Waals surface area contributed by atoms with Crippen LogP contribution in [0.3, 0.4) is 0 Å². The van der Waals surface area contributed by atoms with E-state index in [9.17, 15) is 4.79 Å². The zero-order valence-corrected chi connectivity index (χ0v) is 25.0. The number of allylic oxidation sites excluding steroid dienone is 3. The van der Waals surface area contributed by atoms with E-state index in [1.807, 2.05) is 19.9 Å². The van der Waals surface area contributed by atoms with Crippen LogP contribution < -0.4 is 9.91 Å². The molecule has 202 valence electrons. The van der Waals surface area contributed by atoms with Crippen LogP contribution in [0, 0.1) is 0 Å². The Morgan fingerprint density at radius 3 is 2.23 bits per heavy atom. The van der Waals surface area contributed by atoms with Gasteiger partial charge in [-0.3, -0.25) is 4.79 Å². The van der Waals surface area contributed by atoms with Gasteiger partial charge in [-0.1, -0.05) is 85.0 Å². The van der Waals surface area contributed by atoms with Gasteiger partial charge >= 0.3 is 0 Å². The summed E-state index contributed by atoms with van der Waals surface area (Å²) in [5.41, 5.74) is 4.16. The van der Waals surface area contributed by atoms with Crippen molar-refractivity contribution in [2.24, 2.45) is 5.10 Å². The second-order valence-corrected chi connectivity index (χ2v) is 11.4. The van der Waals surface area contributed by atoms with E-state index in [-0.39, 0.29) is 21.4 Å². The van der Waals surface area contributed by atoms with Crippen molar-refractivity contribution in [2.45, 2.75) is 40.0 Å². The van der Waals surface area contributed by atoms with Gasteiger partial charge in [0, 0.05) is 41.2 Å². The molecule has 5 rings (SSSR count). The number of carbonyl (C=O) groups is 1.